The lowest BCUT2D eigenvalue weighted by Gasteiger charge is -2.35. The summed E-state index contributed by atoms with van der Waals surface area (Å²) in [5.41, 5.74) is 3.51. The average Bonchev–Trinajstić information content (AvgIpc) is 2.68. The van der Waals surface area contributed by atoms with Crippen LogP contribution < -0.4 is 4.74 Å². The summed E-state index contributed by atoms with van der Waals surface area (Å²) < 4.78 is 5.92. The van der Waals surface area contributed by atoms with Crippen LogP contribution in [0.4, 0.5) is 0 Å². The molecular weight excluding hydrogens is 348 g/mol. The SMILES string of the molecule is Cc1cc(C)cc(O[C@H](C)C(=O)N2CCN(C/C=C/c3ccccc3)CC2)c1. The molecule has 28 heavy (non-hydrogen) atoms. The topological polar surface area (TPSA) is 32.8 Å². The highest BCUT2D eigenvalue weighted by molar-refractivity contribution is 5.81. The molecule has 2 aromatic rings. The molecule has 4 nitrogen and oxygen atoms in total. The van der Waals surface area contributed by atoms with E-state index in [1.54, 1.807) is 0 Å². The van der Waals surface area contributed by atoms with Gasteiger partial charge in [0, 0.05) is 32.7 Å². The lowest BCUT2D eigenvalue weighted by atomic mass is 10.1. The molecule has 0 aliphatic carbocycles. The van der Waals surface area contributed by atoms with Gasteiger partial charge in [-0.2, -0.15) is 0 Å². The van der Waals surface area contributed by atoms with Crippen LogP contribution in [0.1, 0.15) is 23.6 Å². The van der Waals surface area contributed by atoms with E-state index < -0.39 is 6.10 Å². The molecule has 3 rings (SSSR count). The molecule has 2 aromatic carbocycles. The van der Waals surface area contributed by atoms with Crippen molar-refractivity contribution in [2.24, 2.45) is 0 Å². The van der Waals surface area contributed by atoms with Gasteiger partial charge in [0.25, 0.3) is 5.91 Å². The fraction of sp³-hybridized carbons (Fsp3) is 0.375. The van der Waals surface area contributed by atoms with Crippen LogP contribution in [-0.2, 0) is 4.79 Å². The number of piperazine rings is 1. The van der Waals surface area contributed by atoms with Crippen molar-refractivity contribution in [1.29, 1.82) is 0 Å². The van der Waals surface area contributed by atoms with Gasteiger partial charge in [-0.25, -0.2) is 0 Å². The third-order valence-corrected chi connectivity index (χ3v) is 5.01. The van der Waals surface area contributed by atoms with Crippen LogP contribution in [0.2, 0.25) is 0 Å². The number of carbonyl (C=O) groups excluding carboxylic acids is 1. The summed E-state index contributed by atoms with van der Waals surface area (Å²) in [4.78, 5) is 17.0. The lowest BCUT2D eigenvalue weighted by Crippen LogP contribution is -2.51. The first-order chi connectivity index (χ1) is 13.5. The van der Waals surface area contributed by atoms with E-state index in [4.69, 9.17) is 4.74 Å². The van der Waals surface area contributed by atoms with Gasteiger partial charge in [0.2, 0.25) is 0 Å². The molecule has 1 heterocycles. The Morgan fingerprint density at radius 1 is 1.04 bits per heavy atom. The minimum atomic E-state index is -0.467. The molecule has 0 saturated carbocycles. The Balaban J connectivity index is 1.45. The van der Waals surface area contributed by atoms with Crippen LogP contribution in [0.5, 0.6) is 5.75 Å². The van der Waals surface area contributed by atoms with Crippen molar-refractivity contribution in [1.82, 2.24) is 9.80 Å². The minimum absolute atomic E-state index is 0.0682. The second kappa shape index (κ2) is 9.56. The van der Waals surface area contributed by atoms with E-state index >= 15 is 0 Å². The zero-order chi connectivity index (χ0) is 19.9. The molecule has 0 N–H and O–H groups in total. The molecule has 148 valence electrons. The molecule has 0 spiro atoms. The Hall–Kier alpha value is -2.59. The fourth-order valence-corrected chi connectivity index (χ4v) is 3.57. The zero-order valence-corrected chi connectivity index (χ0v) is 17.1. The van der Waals surface area contributed by atoms with Crippen LogP contribution in [-0.4, -0.2) is 54.5 Å². The highest BCUT2D eigenvalue weighted by Crippen LogP contribution is 2.18. The number of carbonyl (C=O) groups is 1. The maximum Gasteiger partial charge on any atom is 0.263 e. The lowest BCUT2D eigenvalue weighted by molar-refractivity contribution is -0.139. The third-order valence-electron chi connectivity index (χ3n) is 5.01. The number of hydrogen-bond donors (Lipinski definition) is 0. The second-order valence-electron chi connectivity index (χ2n) is 7.52. The predicted octanol–water partition coefficient (Wildman–Crippen LogP) is 3.93. The smallest absolute Gasteiger partial charge is 0.263 e. The standard InChI is InChI=1S/C24H30N2O2/c1-19-16-20(2)18-23(17-19)28-21(3)24(27)26-14-12-25(13-15-26)11-7-10-22-8-5-4-6-9-22/h4-10,16-18,21H,11-15H2,1-3H3/b10-7+/t21-/m1/s1. The quantitative estimate of drug-likeness (QED) is 0.764. The number of benzene rings is 2. The zero-order valence-electron chi connectivity index (χ0n) is 17.1. The molecule has 1 atom stereocenters. The third kappa shape index (κ3) is 5.70. The molecule has 1 aliphatic rings. The van der Waals surface area contributed by atoms with Crippen LogP contribution in [0.3, 0.4) is 0 Å². The van der Waals surface area contributed by atoms with E-state index in [9.17, 15) is 4.79 Å². The van der Waals surface area contributed by atoms with E-state index in [0.29, 0.717) is 0 Å². The van der Waals surface area contributed by atoms with E-state index in [2.05, 4.69) is 35.3 Å². The van der Waals surface area contributed by atoms with Crippen molar-refractivity contribution in [3.63, 3.8) is 0 Å². The Bertz CT molecular complexity index is 788. The van der Waals surface area contributed by atoms with Gasteiger partial charge < -0.3 is 9.64 Å². The maximum absolute atomic E-state index is 12.7. The molecule has 4 heteroatoms. The van der Waals surface area contributed by atoms with Crippen LogP contribution >= 0.6 is 0 Å². The van der Waals surface area contributed by atoms with Gasteiger partial charge in [0.15, 0.2) is 6.10 Å². The summed E-state index contributed by atoms with van der Waals surface area (Å²) in [5.74, 6) is 0.835. The molecule has 1 saturated heterocycles. The van der Waals surface area contributed by atoms with Gasteiger partial charge >= 0.3 is 0 Å². The molecule has 1 fully saturated rings. The highest BCUT2D eigenvalue weighted by atomic mass is 16.5. The summed E-state index contributed by atoms with van der Waals surface area (Å²) in [6.07, 6.45) is 3.88. The Morgan fingerprint density at radius 2 is 1.68 bits per heavy atom. The van der Waals surface area contributed by atoms with Gasteiger partial charge in [-0.05, 0) is 49.6 Å². The second-order valence-corrected chi connectivity index (χ2v) is 7.52. The molecule has 0 unspecified atom stereocenters. The minimum Gasteiger partial charge on any atom is -0.481 e. The molecule has 0 aromatic heterocycles. The van der Waals surface area contributed by atoms with Crippen molar-refractivity contribution in [2.75, 3.05) is 32.7 Å². The van der Waals surface area contributed by atoms with Crippen LogP contribution in [0.25, 0.3) is 6.08 Å². The first-order valence-corrected chi connectivity index (χ1v) is 9.99. The van der Waals surface area contributed by atoms with Crippen molar-refractivity contribution >= 4 is 12.0 Å². The van der Waals surface area contributed by atoms with Crippen LogP contribution in [0.15, 0.2) is 54.6 Å². The summed E-state index contributed by atoms with van der Waals surface area (Å²) >= 11 is 0. The predicted molar refractivity (Wildman–Crippen MR) is 115 cm³/mol. The highest BCUT2D eigenvalue weighted by Gasteiger charge is 2.25. The summed E-state index contributed by atoms with van der Waals surface area (Å²) in [5, 5.41) is 0. The number of aryl methyl sites for hydroxylation is 2. The largest absolute Gasteiger partial charge is 0.481 e. The van der Waals surface area contributed by atoms with Gasteiger partial charge in [0.1, 0.15) is 5.75 Å². The number of hydrogen-bond acceptors (Lipinski definition) is 3. The van der Waals surface area contributed by atoms with Gasteiger partial charge in [-0.15, -0.1) is 0 Å². The van der Waals surface area contributed by atoms with Gasteiger partial charge in [0.05, 0.1) is 0 Å². The number of amides is 1. The fourth-order valence-electron chi connectivity index (χ4n) is 3.57. The van der Waals surface area contributed by atoms with E-state index in [0.717, 1.165) is 49.6 Å². The Morgan fingerprint density at radius 3 is 2.32 bits per heavy atom. The molecule has 1 aliphatic heterocycles. The Labute approximate surface area is 168 Å². The monoisotopic (exact) mass is 378 g/mol. The molecule has 0 radical (unpaired) electrons. The van der Waals surface area contributed by atoms with E-state index in [-0.39, 0.29) is 5.91 Å². The van der Waals surface area contributed by atoms with Crippen molar-refractivity contribution in [3.05, 3.63) is 71.3 Å². The first kappa shape index (κ1) is 20.2. The summed E-state index contributed by atoms with van der Waals surface area (Å²) in [6.45, 7) is 10.1. The number of nitrogens with zero attached hydrogens (tertiary/aromatic N) is 2. The summed E-state index contributed by atoms with van der Waals surface area (Å²) in [6, 6.07) is 16.4. The molecule has 1 amide bonds. The molecular formula is C24H30N2O2. The van der Waals surface area contributed by atoms with Crippen molar-refractivity contribution in [2.45, 2.75) is 26.9 Å². The summed E-state index contributed by atoms with van der Waals surface area (Å²) in [7, 11) is 0. The molecule has 0 bridgehead atoms. The number of ether oxygens (including phenoxy) is 1. The normalized spacial score (nSPS) is 16.3. The van der Waals surface area contributed by atoms with E-state index in [1.165, 1.54) is 5.56 Å². The van der Waals surface area contributed by atoms with Crippen molar-refractivity contribution < 1.29 is 9.53 Å². The van der Waals surface area contributed by atoms with Crippen molar-refractivity contribution in [3.8, 4) is 5.75 Å². The first-order valence-electron chi connectivity index (χ1n) is 9.99. The average molecular weight is 379 g/mol. The Kier molecular flexibility index (Phi) is 6.88. The number of rotatable bonds is 6. The van der Waals surface area contributed by atoms with Crippen LogP contribution in [0, 0.1) is 13.8 Å². The van der Waals surface area contributed by atoms with E-state index in [1.807, 2.05) is 56.0 Å². The van der Waals surface area contributed by atoms with Gasteiger partial charge in [-0.1, -0.05) is 48.6 Å². The maximum atomic E-state index is 12.7. The van der Waals surface area contributed by atoms with Gasteiger partial charge in [-0.3, -0.25) is 9.69 Å².